The number of halogens is 3. The number of rotatable bonds is 7. The third kappa shape index (κ3) is 6.89. The van der Waals surface area contributed by atoms with Crippen molar-refractivity contribution in [1.82, 2.24) is 0 Å². The first-order valence-corrected chi connectivity index (χ1v) is 9.07. The SMILES string of the molecule is CCOC(=O)C=C(C)C(F)=CC=C(C)C=Cc1c(Cl)cc(OC)c(C)c1Cl. The Labute approximate surface area is 169 Å². The maximum absolute atomic E-state index is 14.0. The molecule has 0 heterocycles. The zero-order valence-corrected chi connectivity index (χ0v) is 17.5. The van der Waals surface area contributed by atoms with Crippen LogP contribution in [0.2, 0.25) is 10.0 Å². The lowest BCUT2D eigenvalue weighted by molar-refractivity contribution is -0.137. The lowest BCUT2D eigenvalue weighted by Gasteiger charge is -2.10. The Morgan fingerprint density at radius 2 is 1.93 bits per heavy atom. The van der Waals surface area contributed by atoms with Gasteiger partial charge in [0.2, 0.25) is 0 Å². The van der Waals surface area contributed by atoms with Gasteiger partial charge in [-0.2, -0.15) is 0 Å². The highest BCUT2D eigenvalue weighted by Crippen LogP contribution is 2.35. The minimum Gasteiger partial charge on any atom is -0.496 e. The second-order valence-corrected chi connectivity index (χ2v) is 6.54. The fourth-order valence-corrected chi connectivity index (χ4v) is 2.68. The number of esters is 1. The summed E-state index contributed by atoms with van der Waals surface area (Å²) in [6, 6.07) is 1.70. The molecule has 1 rings (SSSR count). The smallest absolute Gasteiger partial charge is 0.331 e. The van der Waals surface area contributed by atoms with Crippen molar-refractivity contribution < 1.29 is 18.7 Å². The highest BCUT2D eigenvalue weighted by Gasteiger charge is 2.11. The van der Waals surface area contributed by atoms with E-state index in [2.05, 4.69) is 0 Å². The first-order chi connectivity index (χ1) is 12.7. The van der Waals surface area contributed by atoms with Crippen molar-refractivity contribution in [3.05, 3.63) is 68.5 Å². The topological polar surface area (TPSA) is 35.5 Å². The maximum atomic E-state index is 14.0. The Morgan fingerprint density at radius 3 is 2.52 bits per heavy atom. The van der Waals surface area contributed by atoms with E-state index in [-0.39, 0.29) is 12.2 Å². The molecule has 0 saturated heterocycles. The monoisotopic (exact) mass is 412 g/mol. The van der Waals surface area contributed by atoms with Gasteiger partial charge in [-0.15, -0.1) is 0 Å². The summed E-state index contributed by atoms with van der Waals surface area (Å²) in [4.78, 5) is 11.3. The van der Waals surface area contributed by atoms with Crippen LogP contribution in [-0.2, 0) is 9.53 Å². The zero-order valence-electron chi connectivity index (χ0n) is 16.0. The van der Waals surface area contributed by atoms with Crippen molar-refractivity contribution in [3.8, 4) is 5.75 Å². The van der Waals surface area contributed by atoms with Gasteiger partial charge in [-0.1, -0.05) is 47.0 Å². The minimum absolute atomic E-state index is 0.193. The normalized spacial score (nSPS) is 13.3. The summed E-state index contributed by atoms with van der Waals surface area (Å²) in [5.41, 5.74) is 2.41. The summed E-state index contributed by atoms with van der Waals surface area (Å²) >= 11 is 12.6. The number of ether oxygens (including phenoxy) is 2. The molecule has 146 valence electrons. The first kappa shape index (κ1) is 23.0. The van der Waals surface area contributed by atoms with Crippen molar-refractivity contribution in [2.75, 3.05) is 13.7 Å². The lowest BCUT2D eigenvalue weighted by atomic mass is 10.1. The average molecular weight is 413 g/mol. The van der Waals surface area contributed by atoms with E-state index in [9.17, 15) is 9.18 Å². The van der Waals surface area contributed by atoms with E-state index >= 15 is 0 Å². The summed E-state index contributed by atoms with van der Waals surface area (Å²) < 4.78 is 24.0. The standard InChI is InChI=1S/C21H23Cl2FO3/c1-6-27-20(25)11-14(3)18(24)10-8-13(2)7-9-16-17(22)12-19(26-5)15(4)21(16)23/h7-12H,6H2,1-5H3. The molecule has 0 aliphatic heterocycles. The summed E-state index contributed by atoms with van der Waals surface area (Å²) in [5.74, 6) is -0.478. The van der Waals surface area contributed by atoms with Gasteiger partial charge in [-0.05, 0) is 45.4 Å². The van der Waals surface area contributed by atoms with E-state index in [4.69, 9.17) is 32.7 Å². The van der Waals surface area contributed by atoms with E-state index < -0.39 is 11.8 Å². The van der Waals surface area contributed by atoms with Crippen molar-refractivity contribution in [2.24, 2.45) is 0 Å². The lowest BCUT2D eigenvalue weighted by Crippen LogP contribution is -2.00. The molecular formula is C21H23Cl2FO3. The molecule has 6 heteroatoms. The van der Waals surface area contributed by atoms with Crippen LogP contribution in [0.4, 0.5) is 4.39 Å². The van der Waals surface area contributed by atoms with Gasteiger partial charge in [0.1, 0.15) is 11.6 Å². The fraction of sp³-hybridized carbons (Fsp3) is 0.286. The molecule has 0 aromatic heterocycles. The molecule has 0 aliphatic rings. The van der Waals surface area contributed by atoms with E-state index in [0.29, 0.717) is 21.4 Å². The Balaban J connectivity index is 3.00. The molecule has 0 unspecified atom stereocenters. The molecule has 0 bridgehead atoms. The molecule has 0 fully saturated rings. The van der Waals surface area contributed by atoms with E-state index in [1.165, 1.54) is 13.0 Å². The van der Waals surface area contributed by atoms with Crippen molar-refractivity contribution in [2.45, 2.75) is 27.7 Å². The predicted octanol–water partition coefficient (Wildman–Crippen LogP) is 6.63. The number of carbonyl (C=O) groups excluding carboxylic acids is 1. The number of carbonyl (C=O) groups is 1. The van der Waals surface area contributed by atoms with Gasteiger partial charge in [-0.3, -0.25) is 0 Å². The van der Waals surface area contributed by atoms with E-state index in [1.54, 1.807) is 38.3 Å². The second kappa shape index (κ2) is 11.0. The Hall–Kier alpha value is -2.04. The molecule has 1 aromatic carbocycles. The van der Waals surface area contributed by atoms with E-state index in [1.807, 2.05) is 13.8 Å². The number of allylic oxidation sites excluding steroid dienone is 6. The first-order valence-electron chi connectivity index (χ1n) is 8.31. The van der Waals surface area contributed by atoms with Crippen LogP contribution in [-0.4, -0.2) is 19.7 Å². The average Bonchev–Trinajstić information content (AvgIpc) is 2.62. The number of benzene rings is 1. The van der Waals surface area contributed by atoms with Crippen molar-refractivity contribution >= 4 is 35.2 Å². The summed E-state index contributed by atoms with van der Waals surface area (Å²) in [7, 11) is 1.55. The molecule has 0 aliphatic carbocycles. The van der Waals surface area contributed by atoms with Gasteiger partial charge in [0.25, 0.3) is 0 Å². The van der Waals surface area contributed by atoms with Crippen molar-refractivity contribution in [3.63, 3.8) is 0 Å². The van der Waals surface area contributed by atoms with Gasteiger partial charge in [-0.25, -0.2) is 9.18 Å². The molecule has 0 radical (unpaired) electrons. The third-order valence-corrected chi connectivity index (χ3v) is 4.47. The van der Waals surface area contributed by atoms with Gasteiger partial charge < -0.3 is 9.47 Å². The molecule has 0 atom stereocenters. The van der Waals surface area contributed by atoms with Crippen LogP contribution >= 0.6 is 23.2 Å². The molecule has 0 N–H and O–H groups in total. The van der Waals surface area contributed by atoms with Gasteiger partial charge in [0.05, 0.1) is 23.8 Å². The van der Waals surface area contributed by atoms with Gasteiger partial charge >= 0.3 is 5.97 Å². The van der Waals surface area contributed by atoms with E-state index in [0.717, 1.165) is 17.2 Å². The highest BCUT2D eigenvalue weighted by atomic mass is 35.5. The number of methoxy groups -OCH3 is 1. The summed E-state index contributed by atoms with van der Waals surface area (Å²) in [6.07, 6.45) is 7.52. The summed E-state index contributed by atoms with van der Waals surface area (Å²) in [6.45, 7) is 7.08. The third-order valence-electron chi connectivity index (χ3n) is 3.67. The Kier molecular flexibility index (Phi) is 9.33. The molecule has 3 nitrogen and oxygen atoms in total. The Morgan fingerprint density at radius 1 is 1.26 bits per heavy atom. The van der Waals surface area contributed by atoms with Crippen LogP contribution in [0.1, 0.15) is 31.9 Å². The van der Waals surface area contributed by atoms with Crippen LogP contribution in [0.3, 0.4) is 0 Å². The maximum Gasteiger partial charge on any atom is 0.331 e. The fourth-order valence-electron chi connectivity index (χ4n) is 2.12. The number of hydrogen-bond acceptors (Lipinski definition) is 3. The quantitative estimate of drug-likeness (QED) is 0.286. The van der Waals surface area contributed by atoms with Crippen molar-refractivity contribution in [1.29, 1.82) is 0 Å². The second-order valence-electron chi connectivity index (χ2n) is 5.75. The molecule has 0 amide bonds. The van der Waals surface area contributed by atoms with Gasteiger partial charge in [0, 0.05) is 17.2 Å². The van der Waals surface area contributed by atoms with Crippen LogP contribution < -0.4 is 4.74 Å². The molecule has 27 heavy (non-hydrogen) atoms. The molecule has 0 spiro atoms. The predicted molar refractivity (Wildman–Crippen MR) is 110 cm³/mol. The molecular weight excluding hydrogens is 390 g/mol. The molecule has 1 aromatic rings. The summed E-state index contributed by atoms with van der Waals surface area (Å²) in [5, 5.41) is 0.958. The largest absolute Gasteiger partial charge is 0.496 e. The van der Waals surface area contributed by atoms with Gasteiger partial charge in [0.15, 0.2) is 0 Å². The highest BCUT2D eigenvalue weighted by molar-refractivity contribution is 6.38. The molecule has 0 saturated carbocycles. The zero-order chi connectivity index (χ0) is 20.6. The Bertz CT molecular complexity index is 821. The number of hydrogen-bond donors (Lipinski definition) is 0. The van der Waals surface area contributed by atoms with Crippen LogP contribution in [0, 0.1) is 6.92 Å². The van der Waals surface area contributed by atoms with Crippen LogP contribution in [0.25, 0.3) is 6.08 Å². The minimum atomic E-state index is -0.571. The van der Waals surface area contributed by atoms with Crippen LogP contribution in [0.15, 0.2) is 47.3 Å². The van der Waals surface area contributed by atoms with Crippen LogP contribution in [0.5, 0.6) is 5.75 Å².